The predicted octanol–water partition coefficient (Wildman–Crippen LogP) is 2.11. The Kier molecular flexibility index (Phi) is 1.98. The lowest BCUT2D eigenvalue weighted by Gasteiger charge is -2.59. The van der Waals surface area contributed by atoms with Gasteiger partial charge in [0.25, 0.3) is 0 Å². The molecule has 0 spiro atoms. The van der Waals surface area contributed by atoms with E-state index in [0.29, 0.717) is 11.3 Å². The van der Waals surface area contributed by atoms with Crippen molar-refractivity contribution in [2.45, 2.75) is 40.2 Å². The Morgan fingerprint density at radius 2 is 2.21 bits per heavy atom. The normalized spacial score (nSPS) is 38.3. The zero-order chi connectivity index (χ0) is 10.5. The molecule has 1 fully saturated rings. The van der Waals surface area contributed by atoms with Gasteiger partial charge < -0.3 is 5.32 Å². The number of hydrogen-bond donors (Lipinski definition) is 1. The van der Waals surface area contributed by atoms with Crippen LogP contribution in [0.4, 0.5) is 0 Å². The van der Waals surface area contributed by atoms with Crippen LogP contribution in [-0.2, 0) is 4.79 Å². The van der Waals surface area contributed by atoms with Gasteiger partial charge in [0.15, 0.2) is 0 Å². The quantitative estimate of drug-likeness (QED) is 0.635. The number of amides is 1. The molecule has 0 aliphatic heterocycles. The molecule has 2 heteroatoms. The molecule has 2 bridgehead atoms. The molecule has 3 aliphatic carbocycles. The molecule has 0 aromatic carbocycles. The Balaban J connectivity index is 2.21. The van der Waals surface area contributed by atoms with Crippen molar-refractivity contribution in [2.24, 2.45) is 17.3 Å². The van der Waals surface area contributed by atoms with Gasteiger partial charge in [0, 0.05) is 6.92 Å². The number of fused-ring (bicyclic) bond motifs is 1. The van der Waals surface area contributed by atoms with Crippen molar-refractivity contribution >= 4 is 5.91 Å². The van der Waals surface area contributed by atoms with Crippen LogP contribution >= 0.6 is 0 Å². The number of hydrogen-bond acceptors (Lipinski definition) is 1. The van der Waals surface area contributed by atoms with Crippen LogP contribution < -0.4 is 5.32 Å². The molecule has 3 aliphatic rings. The second-order valence-electron chi connectivity index (χ2n) is 5.35. The molecule has 0 saturated heterocycles. The summed E-state index contributed by atoms with van der Waals surface area (Å²) in [5.41, 5.74) is 1.84. The summed E-state index contributed by atoms with van der Waals surface area (Å²) < 4.78 is 0. The van der Waals surface area contributed by atoms with Gasteiger partial charge in [0.05, 0.1) is 6.04 Å². The molecule has 1 saturated carbocycles. The van der Waals surface area contributed by atoms with Crippen molar-refractivity contribution in [1.29, 1.82) is 0 Å². The summed E-state index contributed by atoms with van der Waals surface area (Å²) in [6, 6.07) is 0.271. The van der Waals surface area contributed by atoms with Crippen molar-refractivity contribution in [2.75, 3.05) is 0 Å². The molecule has 3 rings (SSSR count). The number of allylic oxidation sites excluding steroid dienone is 1. The summed E-state index contributed by atoms with van der Waals surface area (Å²) in [5.74, 6) is 1.47. The third kappa shape index (κ3) is 1.20. The van der Waals surface area contributed by atoms with Crippen LogP contribution in [0.15, 0.2) is 11.6 Å². The third-order valence-corrected chi connectivity index (χ3v) is 4.14. The van der Waals surface area contributed by atoms with Crippen LogP contribution in [0.3, 0.4) is 0 Å². The number of carbonyl (C=O) groups is 1. The minimum atomic E-state index is 0.0835. The Hall–Kier alpha value is -0.790. The monoisotopic (exact) mass is 193 g/mol. The zero-order valence-electron chi connectivity index (χ0n) is 9.42. The van der Waals surface area contributed by atoms with Crippen molar-refractivity contribution in [3.63, 3.8) is 0 Å². The summed E-state index contributed by atoms with van der Waals surface area (Å²) in [6.45, 7) is 8.42. The predicted molar refractivity (Wildman–Crippen MR) is 56.7 cm³/mol. The Bertz CT molecular complexity index is 303. The molecule has 0 radical (unpaired) electrons. The van der Waals surface area contributed by atoms with Gasteiger partial charge in [-0.1, -0.05) is 25.5 Å². The van der Waals surface area contributed by atoms with Crippen LogP contribution in [0.2, 0.25) is 0 Å². The zero-order valence-corrected chi connectivity index (χ0v) is 9.42. The smallest absolute Gasteiger partial charge is 0.217 e. The second kappa shape index (κ2) is 2.85. The summed E-state index contributed by atoms with van der Waals surface area (Å²) >= 11 is 0. The first-order chi connectivity index (χ1) is 6.43. The van der Waals surface area contributed by atoms with Gasteiger partial charge in [-0.25, -0.2) is 0 Å². The van der Waals surface area contributed by atoms with Crippen LogP contribution in [-0.4, -0.2) is 11.9 Å². The van der Waals surface area contributed by atoms with Gasteiger partial charge in [0.2, 0.25) is 5.91 Å². The van der Waals surface area contributed by atoms with E-state index in [4.69, 9.17) is 0 Å². The van der Waals surface area contributed by atoms with E-state index in [0.717, 1.165) is 5.92 Å². The van der Waals surface area contributed by atoms with Crippen molar-refractivity contribution < 1.29 is 4.79 Å². The molecule has 2 nitrogen and oxygen atoms in total. The first-order valence-corrected chi connectivity index (χ1v) is 5.38. The van der Waals surface area contributed by atoms with Gasteiger partial charge in [0.1, 0.15) is 0 Å². The van der Waals surface area contributed by atoms with Crippen molar-refractivity contribution in [3.05, 3.63) is 11.6 Å². The van der Waals surface area contributed by atoms with E-state index in [1.165, 1.54) is 12.0 Å². The van der Waals surface area contributed by atoms with Crippen LogP contribution in [0, 0.1) is 17.3 Å². The molecular formula is C12H19NO. The fourth-order valence-corrected chi connectivity index (χ4v) is 3.23. The molecule has 1 N–H and O–H groups in total. The molecule has 14 heavy (non-hydrogen) atoms. The molecular weight excluding hydrogens is 174 g/mol. The van der Waals surface area contributed by atoms with Gasteiger partial charge >= 0.3 is 0 Å². The van der Waals surface area contributed by atoms with E-state index in [1.54, 1.807) is 6.92 Å². The maximum atomic E-state index is 11.1. The first-order valence-electron chi connectivity index (χ1n) is 5.38. The van der Waals surface area contributed by atoms with Gasteiger partial charge in [-0.3, -0.25) is 4.79 Å². The van der Waals surface area contributed by atoms with Crippen LogP contribution in [0.25, 0.3) is 0 Å². The standard InChI is InChI=1S/C12H19NO/c1-7-5-11(13-8(2)14)10-6-9(7)12(10,3)4/h5,9-11H,6H2,1-4H3,(H,13,14). The van der Waals surface area contributed by atoms with E-state index >= 15 is 0 Å². The van der Waals surface area contributed by atoms with Gasteiger partial charge in [-0.05, 0) is 30.6 Å². The van der Waals surface area contributed by atoms with Crippen LogP contribution in [0.1, 0.15) is 34.1 Å². The third-order valence-electron chi connectivity index (χ3n) is 4.14. The van der Waals surface area contributed by atoms with Gasteiger partial charge in [-0.15, -0.1) is 0 Å². The molecule has 0 aromatic heterocycles. The summed E-state index contributed by atoms with van der Waals surface area (Å²) in [6.07, 6.45) is 3.49. The second-order valence-corrected chi connectivity index (χ2v) is 5.35. The fourth-order valence-electron chi connectivity index (χ4n) is 3.23. The first kappa shape index (κ1) is 9.75. The Labute approximate surface area is 85.8 Å². The molecule has 78 valence electrons. The Morgan fingerprint density at radius 1 is 1.57 bits per heavy atom. The Morgan fingerprint density at radius 3 is 2.64 bits per heavy atom. The van der Waals surface area contributed by atoms with E-state index in [2.05, 4.69) is 32.2 Å². The topological polar surface area (TPSA) is 29.1 Å². The highest BCUT2D eigenvalue weighted by molar-refractivity contribution is 5.73. The van der Waals surface area contributed by atoms with Crippen LogP contribution in [0.5, 0.6) is 0 Å². The highest BCUT2D eigenvalue weighted by atomic mass is 16.1. The lowest BCUT2D eigenvalue weighted by atomic mass is 9.47. The minimum Gasteiger partial charge on any atom is -0.350 e. The molecule has 0 aromatic rings. The van der Waals surface area contributed by atoms with E-state index in [9.17, 15) is 4.79 Å². The summed E-state index contributed by atoms with van der Waals surface area (Å²) in [5, 5.41) is 3.04. The number of rotatable bonds is 1. The number of carbonyl (C=O) groups excluding carboxylic acids is 1. The summed E-state index contributed by atoms with van der Waals surface area (Å²) in [4.78, 5) is 11.1. The lowest BCUT2D eigenvalue weighted by molar-refractivity contribution is -0.121. The molecule has 1 amide bonds. The van der Waals surface area contributed by atoms with Gasteiger partial charge in [-0.2, -0.15) is 0 Å². The largest absolute Gasteiger partial charge is 0.350 e. The highest BCUT2D eigenvalue weighted by Gasteiger charge is 2.54. The van der Waals surface area contributed by atoms with E-state index < -0.39 is 0 Å². The molecule has 0 heterocycles. The maximum Gasteiger partial charge on any atom is 0.217 e. The highest BCUT2D eigenvalue weighted by Crippen LogP contribution is 2.58. The lowest BCUT2D eigenvalue weighted by Crippen LogP contribution is -2.58. The number of nitrogens with one attached hydrogen (secondary N) is 1. The van der Waals surface area contributed by atoms with Crippen molar-refractivity contribution in [1.82, 2.24) is 5.32 Å². The van der Waals surface area contributed by atoms with E-state index in [-0.39, 0.29) is 11.9 Å². The van der Waals surface area contributed by atoms with E-state index in [1.807, 2.05) is 0 Å². The maximum absolute atomic E-state index is 11.1. The SMILES string of the molecule is CC(=O)NC1C=C(C)C2CC1C2(C)C. The van der Waals surface area contributed by atoms with Crippen molar-refractivity contribution in [3.8, 4) is 0 Å². The fraction of sp³-hybridized carbons (Fsp3) is 0.750. The minimum absolute atomic E-state index is 0.0835. The molecule has 3 unspecified atom stereocenters. The molecule has 3 atom stereocenters. The average Bonchev–Trinajstić information content (AvgIpc) is 2.00. The summed E-state index contributed by atoms with van der Waals surface area (Å²) in [7, 11) is 0. The average molecular weight is 193 g/mol.